The molecule has 29 heavy (non-hydrogen) atoms. The topological polar surface area (TPSA) is 84.5 Å². The molecule has 0 heterocycles. The summed E-state index contributed by atoms with van der Waals surface area (Å²) in [5.41, 5.74) is 0.756. The molecule has 0 aromatic heterocycles. The zero-order valence-electron chi connectivity index (χ0n) is 17.5. The Morgan fingerprint density at radius 2 is 1.72 bits per heavy atom. The van der Waals surface area contributed by atoms with Crippen LogP contribution in [0.1, 0.15) is 71.6 Å². The number of carbonyl (C=O) groups is 1. The van der Waals surface area contributed by atoms with Gasteiger partial charge in [0.05, 0.1) is 11.4 Å². The maximum atomic E-state index is 12.7. The second-order valence-electron chi connectivity index (χ2n) is 8.66. The van der Waals surface area contributed by atoms with Crippen LogP contribution in [0.15, 0.2) is 24.3 Å². The van der Waals surface area contributed by atoms with Crippen molar-refractivity contribution in [1.82, 2.24) is 4.72 Å². The predicted molar refractivity (Wildman–Crippen MR) is 116 cm³/mol. The molecule has 6 nitrogen and oxygen atoms in total. The first-order valence-electron chi connectivity index (χ1n) is 10.9. The van der Waals surface area contributed by atoms with Gasteiger partial charge in [-0.2, -0.15) is 0 Å². The van der Waals surface area contributed by atoms with Crippen LogP contribution in [0.4, 0.5) is 5.69 Å². The molecule has 0 atom stereocenters. The fraction of sp³-hybridized carbons (Fsp3) is 0.682. The summed E-state index contributed by atoms with van der Waals surface area (Å²) in [6, 6.07) is 7.56. The van der Waals surface area contributed by atoms with Crippen molar-refractivity contribution in [3.8, 4) is 5.75 Å². The molecule has 0 bridgehead atoms. The van der Waals surface area contributed by atoms with Crippen molar-refractivity contribution in [2.24, 2.45) is 5.92 Å². The lowest BCUT2D eigenvalue weighted by Gasteiger charge is -2.29. The average Bonchev–Trinajstić information content (AvgIpc) is 2.69. The molecular formula is C22H34N2O4S. The van der Waals surface area contributed by atoms with Crippen LogP contribution in [0.2, 0.25) is 0 Å². The number of nitrogens with one attached hydrogen (secondary N) is 2. The number of rotatable bonds is 7. The Kier molecular flexibility index (Phi) is 7.57. The third-order valence-electron chi connectivity index (χ3n) is 6.01. The lowest BCUT2D eigenvalue weighted by molar-refractivity contribution is -0.120. The minimum Gasteiger partial charge on any atom is -0.490 e. The van der Waals surface area contributed by atoms with E-state index in [1.165, 1.54) is 19.3 Å². The summed E-state index contributed by atoms with van der Waals surface area (Å²) in [6.07, 6.45) is 8.96. The molecule has 2 aliphatic carbocycles. The van der Waals surface area contributed by atoms with Gasteiger partial charge in [-0.15, -0.1) is 0 Å². The molecule has 3 rings (SSSR count). The van der Waals surface area contributed by atoms with Crippen LogP contribution in [-0.4, -0.2) is 31.7 Å². The normalized spacial score (nSPS) is 23.7. The molecule has 2 N–H and O–H groups in total. The molecule has 0 spiro atoms. The third kappa shape index (κ3) is 6.44. The first-order chi connectivity index (χ1) is 13.8. The molecule has 0 radical (unpaired) electrons. The van der Waals surface area contributed by atoms with Gasteiger partial charge in [0, 0.05) is 23.7 Å². The van der Waals surface area contributed by atoms with Crippen LogP contribution >= 0.6 is 0 Å². The summed E-state index contributed by atoms with van der Waals surface area (Å²) in [5.74, 6) is 0.726. The number of ether oxygens (including phenoxy) is 1. The summed E-state index contributed by atoms with van der Waals surface area (Å²) in [4.78, 5) is 12.7. The van der Waals surface area contributed by atoms with Crippen LogP contribution < -0.4 is 14.8 Å². The highest BCUT2D eigenvalue weighted by molar-refractivity contribution is 7.90. The van der Waals surface area contributed by atoms with Crippen LogP contribution in [0.5, 0.6) is 5.75 Å². The average molecular weight is 423 g/mol. The van der Waals surface area contributed by atoms with E-state index in [0.29, 0.717) is 25.7 Å². The van der Waals surface area contributed by atoms with Gasteiger partial charge in [0.25, 0.3) is 0 Å². The highest BCUT2D eigenvalue weighted by Crippen LogP contribution is 2.28. The fourth-order valence-corrected chi connectivity index (χ4v) is 5.08. The molecule has 1 aromatic carbocycles. The summed E-state index contributed by atoms with van der Waals surface area (Å²) in [7, 11) is -3.27. The summed E-state index contributed by atoms with van der Waals surface area (Å²) < 4.78 is 32.9. The number of hydrogen-bond acceptors (Lipinski definition) is 4. The van der Waals surface area contributed by atoms with Crippen molar-refractivity contribution in [2.45, 2.75) is 89.0 Å². The Hall–Kier alpha value is -1.60. The van der Waals surface area contributed by atoms with Gasteiger partial charge in [0.1, 0.15) is 5.75 Å². The summed E-state index contributed by atoms with van der Waals surface area (Å²) in [6.45, 7) is 3.35. The maximum absolute atomic E-state index is 12.7. The second kappa shape index (κ2) is 9.94. The van der Waals surface area contributed by atoms with Crippen molar-refractivity contribution in [1.29, 1.82) is 0 Å². The molecule has 2 fully saturated rings. The van der Waals surface area contributed by atoms with Crippen molar-refractivity contribution in [2.75, 3.05) is 5.32 Å². The molecule has 0 saturated heterocycles. The van der Waals surface area contributed by atoms with E-state index in [1.54, 1.807) is 13.8 Å². The number of sulfonamides is 1. The first-order valence-corrected chi connectivity index (χ1v) is 12.5. The van der Waals surface area contributed by atoms with E-state index >= 15 is 0 Å². The zero-order valence-corrected chi connectivity index (χ0v) is 18.3. The SMILES string of the molecule is CC(C)S(=O)(=O)N[C@H]1CC[C@H](C(=O)Nc2cccc(OC3CCCCC3)c2)CC1. The highest BCUT2D eigenvalue weighted by Gasteiger charge is 2.29. The standard InChI is InChI=1S/C22H34N2O4S/c1-16(2)29(26,27)24-18-13-11-17(12-14-18)22(25)23-19-7-6-10-21(15-19)28-20-8-4-3-5-9-20/h6-7,10,15-18,20,24H,3-5,8-9,11-14H2,1-2H3,(H,23,25)/t17-,18-. The first kappa shape index (κ1) is 22.1. The van der Waals surface area contributed by atoms with Gasteiger partial charge in [0.2, 0.25) is 15.9 Å². The number of amides is 1. The van der Waals surface area contributed by atoms with E-state index in [1.807, 2.05) is 24.3 Å². The van der Waals surface area contributed by atoms with Gasteiger partial charge < -0.3 is 10.1 Å². The zero-order chi connectivity index (χ0) is 20.9. The Balaban J connectivity index is 1.49. The van der Waals surface area contributed by atoms with E-state index in [0.717, 1.165) is 24.3 Å². The van der Waals surface area contributed by atoms with E-state index in [4.69, 9.17) is 4.74 Å². The van der Waals surface area contributed by atoms with E-state index in [-0.39, 0.29) is 24.0 Å². The minimum atomic E-state index is -3.27. The molecule has 162 valence electrons. The predicted octanol–water partition coefficient (Wildman–Crippen LogP) is 4.22. The summed E-state index contributed by atoms with van der Waals surface area (Å²) in [5, 5.41) is 2.57. The molecule has 7 heteroatoms. The van der Waals surface area contributed by atoms with Crippen molar-refractivity contribution >= 4 is 21.6 Å². The largest absolute Gasteiger partial charge is 0.490 e. The highest BCUT2D eigenvalue weighted by atomic mass is 32.2. The van der Waals surface area contributed by atoms with Crippen LogP contribution in [0.3, 0.4) is 0 Å². The fourth-order valence-electron chi connectivity index (χ4n) is 4.11. The number of hydrogen-bond donors (Lipinski definition) is 2. The van der Waals surface area contributed by atoms with E-state index in [9.17, 15) is 13.2 Å². The molecule has 1 aromatic rings. The Labute approximate surface area is 174 Å². The minimum absolute atomic E-state index is 0.00461. The Morgan fingerprint density at radius 1 is 1.03 bits per heavy atom. The van der Waals surface area contributed by atoms with Gasteiger partial charge in [-0.3, -0.25) is 4.79 Å². The van der Waals surface area contributed by atoms with Gasteiger partial charge in [-0.25, -0.2) is 13.1 Å². The van der Waals surface area contributed by atoms with Crippen LogP contribution in [0.25, 0.3) is 0 Å². The van der Waals surface area contributed by atoms with Crippen molar-refractivity contribution < 1.29 is 17.9 Å². The van der Waals surface area contributed by atoms with Crippen molar-refractivity contribution in [3.05, 3.63) is 24.3 Å². The van der Waals surface area contributed by atoms with Gasteiger partial charge in [-0.1, -0.05) is 12.5 Å². The molecule has 2 aliphatic rings. The van der Waals surface area contributed by atoms with Gasteiger partial charge in [-0.05, 0) is 77.3 Å². The smallest absolute Gasteiger partial charge is 0.227 e. The van der Waals surface area contributed by atoms with Crippen LogP contribution in [0, 0.1) is 5.92 Å². The van der Waals surface area contributed by atoms with E-state index < -0.39 is 15.3 Å². The molecule has 0 unspecified atom stereocenters. The number of benzene rings is 1. The second-order valence-corrected chi connectivity index (χ2v) is 10.9. The Morgan fingerprint density at radius 3 is 2.38 bits per heavy atom. The maximum Gasteiger partial charge on any atom is 0.227 e. The lowest BCUT2D eigenvalue weighted by Crippen LogP contribution is -2.42. The Bertz CT molecular complexity index is 780. The van der Waals surface area contributed by atoms with Gasteiger partial charge >= 0.3 is 0 Å². The van der Waals surface area contributed by atoms with E-state index in [2.05, 4.69) is 10.0 Å². The van der Waals surface area contributed by atoms with Crippen LogP contribution in [-0.2, 0) is 14.8 Å². The lowest BCUT2D eigenvalue weighted by atomic mass is 9.86. The molecule has 1 amide bonds. The molecule has 0 aliphatic heterocycles. The van der Waals surface area contributed by atoms with Gasteiger partial charge in [0.15, 0.2) is 0 Å². The number of anilines is 1. The quantitative estimate of drug-likeness (QED) is 0.689. The molecule has 2 saturated carbocycles. The van der Waals surface area contributed by atoms with Crippen molar-refractivity contribution in [3.63, 3.8) is 0 Å². The monoisotopic (exact) mass is 422 g/mol. The molecular weight excluding hydrogens is 388 g/mol. The summed E-state index contributed by atoms with van der Waals surface area (Å²) >= 11 is 0. The third-order valence-corrected chi connectivity index (χ3v) is 7.91. The number of carbonyl (C=O) groups excluding carboxylic acids is 1.